The highest BCUT2D eigenvalue weighted by Crippen LogP contribution is 2.28. The van der Waals surface area contributed by atoms with Gasteiger partial charge in [-0.25, -0.2) is 0 Å². The Kier molecular flexibility index (Phi) is 3.95. The van der Waals surface area contributed by atoms with Crippen LogP contribution in [-0.2, 0) is 6.54 Å². The minimum Gasteiger partial charge on any atom is -0.496 e. The van der Waals surface area contributed by atoms with Gasteiger partial charge in [-0.3, -0.25) is 0 Å². The van der Waals surface area contributed by atoms with Crippen molar-refractivity contribution in [3.63, 3.8) is 0 Å². The van der Waals surface area contributed by atoms with Crippen molar-refractivity contribution in [3.05, 3.63) is 42.0 Å². The van der Waals surface area contributed by atoms with E-state index in [0.717, 1.165) is 12.3 Å². The molecule has 0 bridgehead atoms. The van der Waals surface area contributed by atoms with Crippen molar-refractivity contribution in [2.75, 3.05) is 18.6 Å². The van der Waals surface area contributed by atoms with Gasteiger partial charge in [-0.1, -0.05) is 30.3 Å². The number of hydrogen-bond acceptors (Lipinski definition) is 3. The number of rotatable bonds is 4. The maximum Gasteiger partial charge on any atom is 0.123 e. The number of fused-ring (bicyclic) bond motifs is 1. The summed E-state index contributed by atoms with van der Waals surface area (Å²) in [5.74, 6) is 3.49. The van der Waals surface area contributed by atoms with Gasteiger partial charge in [0.2, 0.25) is 0 Å². The van der Waals surface area contributed by atoms with Gasteiger partial charge in [-0.15, -0.1) is 0 Å². The van der Waals surface area contributed by atoms with Gasteiger partial charge < -0.3 is 10.1 Å². The molecule has 2 aromatic carbocycles. The first kappa shape index (κ1) is 12.8. The molecule has 0 aromatic heterocycles. The summed E-state index contributed by atoms with van der Waals surface area (Å²) in [5.41, 5.74) is 1.28. The Morgan fingerprint density at radius 3 is 2.95 bits per heavy atom. The van der Waals surface area contributed by atoms with E-state index < -0.39 is 0 Å². The second-order valence-corrected chi connectivity index (χ2v) is 6.06. The molecule has 1 N–H and O–H groups in total. The van der Waals surface area contributed by atoms with Crippen LogP contribution in [-0.4, -0.2) is 24.7 Å². The zero-order chi connectivity index (χ0) is 13.1. The van der Waals surface area contributed by atoms with Gasteiger partial charge in [0, 0.05) is 23.9 Å². The molecule has 1 saturated heterocycles. The Labute approximate surface area is 118 Å². The van der Waals surface area contributed by atoms with Crippen molar-refractivity contribution in [1.29, 1.82) is 0 Å². The molecular weight excluding hydrogens is 254 g/mol. The summed E-state index contributed by atoms with van der Waals surface area (Å²) in [6, 6.07) is 13.4. The Morgan fingerprint density at radius 1 is 1.26 bits per heavy atom. The lowest BCUT2D eigenvalue weighted by Gasteiger charge is -2.16. The normalized spacial score (nSPS) is 18.9. The van der Waals surface area contributed by atoms with Crippen LogP contribution in [0.5, 0.6) is 5.75 Å². The molecule has 3 rings (SSSR count). The van der Waals surface area contributed by atoms with Crippen LogP contribution in [0.1, 0.15) is 12.0 Å². The van der Waals surface area contributed by atoms with Crippen molar-refractivity contribution >= 4 is 22.5 Å². The summed E-state index contributed by atoms with van der Waals surface area (Å²) < 4.78 is 5.52. The lowest BCUT2D eigenvalue weighted by Crippen LogP contribution is -2.28. The third-order valence-corrected chi connectivity index (χ3v) is 4.88. The maximum absolute atomic E-state index is 5.52. The summed E-state index contributed by atoms with van der Waals surface area (Å²) in [6.45, 7) is 0.885. The smallest absolute Gasteiger partial charge is 0.123 e. The van der Waals surface area contributed by atoms with E-state index in [4.69, 9.17) is 4.74 Å². The third-order valence-electron chi connectivity index (χ3n) is 3.71. The van der Waals surface area contributed by atoms with E-state index in [2.05, 4.69) is 41.7 Å². The van der Waals surface area contributed by atoms with Crippen LogP contribution in [0.25, 0.3) is 10.8 Å². The molecule has 3 heteroatoms. The van der Waals surface area contributed by atoms with Crippen LogP contribution in [0.2, 0.25) is 0 Å². The van der Waals surface area contributed by atoms with E-state index in [1.807, 2.05) is 11.8 Å². The Morgan fingerprint density at radius 2 is 2.16 bits per heavy atom. The van der Waals surface area contributed by atoms with Gasteiger partial charge in [0.1, 0.15) is 5.75 Å². The second kappa shape index (κ2) is 5.85. The van der Waals surface area contributed by atoms with E-state index >= 15 is 0 Å². The zero-order valence-corrected chi connectivity index (χ0v) is 12.0. The molecule has 100 valence electrons. The predicted octanol–water partition coefficient (Wildman–Crippen LogP) is 3.44. The number of nitrogens with one attached hydrogen (secondary N) is 1. The van der Waals surface area contributed by atoms with Gasteiger partial charge in [0.05, 0.1) is 7.11 Å². The first-order chi connectivity index (χ1) is 9.38. The summed E-state index contributed by atoms with van der Waals surface area (Å²) in [7, 11) is 1.75. The first-order valence-corrected chi connectivity index (χ1v) is 7.89. The molecule has 1 unspecified atom stereocenters. The summed E-state index contributed by atoms with van der Waals surface area (Å²) >= 11 is 2.04. The van der Waals surface area contributed by atoms with E-state index in [9.17, 15) is 0 Å². The highest BCUT2D eigenvalue weighted by atomic mass is 32.2. The largest absolute Gasteiger partial charge is 0.496 e. The number of hydrogen-bond donors (Lipinski definition) is 1. The minimum atomic E-state index is 0.647. The van der Waals surface area contributed by atoms with Crippen molar-refractivity contribution in [2.45, 2.75) is 19.0 Å². The van der Waals surface area contributed by atoms with Crippen molar-refractivity contribution in [1.82, 2.24) is 5.32 Å². The molecule has 2 aromatic rings. The standard InChI is InChI=1S/C16H19NOS/c1-18-16-7-6-12-4-2-3-5-14(12)15(16)10-17-13-8-9-19-11-13/h2-7,13,17H,8-11H2,1H3. The Hall–Kier alpha value is -1.19. The molecule has 1 heterocycles. The van der Waals surface area contributed by atoms with Crippen molar-refractivity contribution in [2.24, 2.45) is 0 Å². The molecule has 0 amide bonds. The topological polar surface area (TPSA) is 21.3 Å². The summed E-state index contributed by atoms with van der Waals surface area (Å²) in [5, 5.41) is 6.23. The quantitative estimate of drug-likeness (QED) is 0.922. The summed E-state index contributed by atoms with van der Waals surface area (Å²) in [4.78, 5) is 0. The molecule has 2 nitrogen and oxygen atoms in total. The lowest BCUT2D eigenvalue weighted by atomic mass is 10.0. The predicted molar refractivity (Wildman–Crippen MR) is 83.1 cm³/mol. The van der Waals surface area contributed by atoms with E-state index in [1.165, 1.54) is 34.3 Å². The Bertz CT molecular complexity index is 564. The molecule has 1 aliphatic heterocycles. The van der Waals surface area contributed by atoms with Crippen molar-refractivity contribution < 1.29 is 4.74 Å². The monoisotopic (exact) mass is 273 g/mol. The van der Waals surface area contributed by atoms with Crippen LogP contribution >= 0.6 is 11.8 Å². The molecule has 0 spiro atoms. The molecule has 1 aliphatic rings. The average molecular weight is 273 g/mol. The Balaban J connectivity index is 1.90. The SMILES string of the molecule is COc1ccc2ccccc2c1CNC1CCSC1. The fraction of sp³-hybridized carbons (Fsp3) is 0.375. The molecular formula is C16H19NOS. The lowest BCUT2D eigenvalue weighted by molar-refractivity contribution is 0.407. The molecule has 1 atom stereocenters. The van der Waals surface area contributed by atoms with Gasteiger partial charge in [-0.2, -0.15) is 11.8 Å². The number of methoxy groups -OCH3 is 1. The van der Waals surface area contributed by atoms with Crippen LogP contribution in [0.15, 0.2) is 36.4 Å². The molecule has 0 aliphatic carbocycles. The molecule has 19 heavy (non-hydrogen) atoms. The van der Waals surface area contributed by atoms with E-state index in [0.29, 0.717) is 6.04 Å². The summed E-state index contributed by atoms with van der Waals surface area (Å²) in [6.07, 6.45) is 1.28. The highest BCUT2D eigenvalue weighted by molar-refractivity contribution is 7.99. The van der Waals surface area contributed by atoms with E-state index in [1.54, 1.807) is 7.11 Å². The van der Waals surface area contributed by atoms with Gasteiger partial charge in [0.25, 0.3) is 0 Å². The molecule has 0 radical (unpaired) electrons. The number of ether oxygens (including phenoxy) is 1. The number of thioether (sulfide) groups is 1. The number of benzene rings is 2. The van der Waals surface area contributed by atoms with Crippen LogP contribution in [0.4, 0.5) is 0 Å². The maximum atomic E-state index is 5.52. The van der Waals surface area contributed by atoms with Gasteiger partial charge in [-0.05, 0) is 29.0 Å². The van der Waals surface area contributed by atoms with Gasteiger partial charge >= 0.3 is 0 Å². The van der Waals surface area contributed by atoms with Crippen LogP contribution in [0, 0.1) is 0 Å². The third kappa shape index (κ3) is 2.72. The van der Waals surface area contributed by atoms with Crippen LogP contribution < -0.4 is 10.1 Å². The highest BCUT2D eigenvalue weighted by Gasteiger charge is 2.16. The fourth-order valence-corrected chi connectivity index (χ4v) is 3.82. The second-order valence-electron chi connectivity index (χ2n) is 4.91. The van der Waals surface area contributed by atoms with E-state index in [-0.39, 0.29) is 0 Å². The van der Waals surface area contributed by atoms with Gasteiger partial charge in [0.15, 0.2) is 0 Å². The first-order valence-electron chi connectivity index (χ1n) is 6.74. The average Bonchev–Trinajstić information content (AvgIpc) is 2.97. The van der Waals surface area contributed by atoms with Crippen molar-refractivity contribution in [3.8, 4) is 5.75 Å². The zero-order valence-electron chi connectivity index (χ0n) is 11.2. The fourth-order valence-electron chi connectivity index (χ4n) is 2.63. The molecule has 1 fully saturated rings. The van der Waals surface area contributed by atoms with Crippen LogP contribution in [0.3, 0.4) is 0 Å². The minimum absolute atomic E-state index is 0.647. The molecule has 0 saturated carbocycles.